The van der Waals surface area contributed by atoms with Crippen molar-refractivity contribution in [2.24, 2.45) is 0 Å². The van der Waals surface area contributed by atoms with Crippen LogP contribution in [0.25, 0.3) is 0 Å². The van der Waals surface area contributed by atoms with Crippen LogP contribution < -0.4 is 5.32 Å². The summed E-state index contributed by atoms with van der Waals surface area (Å²) in [7, 11) is 0. The van der Waals surface area contributed by atoms with Crippen LogP contribution in [0.5, 0.6) is 0 Å². The summed E-state index contributed by atoms with van der Waals surface area (Å²) < 4.78 is 5.33. The number of fused-ring (bicyclic) bond motifs is 1. The zero-order valence-corrected chi connectivity index (χ0v) is 15.6. The highest BCUT2D eigenvalue weighted by molar-refractivity contribution is 8.00. The van der Waals surface area contributed by atoms with Crippen molar-refractivity contribution in [3.05, 3.63) is 58.7 Å². The maximum atomic E-state index is 12.5. The third-order valence-corrected chi connectivity index (χ3v) is 5.37. The quantitative estimate of drug-likeness (QED) is 0.656. The summed E-state index contributed by atoms with van der Waals surface area (Å²) in [5, 5.41) is 2.73. The Balaban J connectivity index is 1.72. The Hall–Kier alpha value is -2.60. The lowest BCUT2D eigenvalue weighted by atomic mass is 10.0. The number of amides is 1. The number of thioether (sulfide) groups is 1. The summed E-state index contributed by atoms with van der Waals surface area (Å²) in [6, 6.07) is 10.4. The van der Waals surface area contributed by atoms with E-state index in [-0.39, 0.29) is 11.7 Å². The van der Waals surface area contributed by atoms with Crippen LogP contribution in [0.3, 0.4) is 0 Å². The third-order valence-electron chi connectivity index (χ3n) is 4.29. The van der Waals surface area contributed by atoms with Crippen molar-refractivity contribution in [3.8, 4) is 0 Å². The summed E-state index contributed by atoms with van der Waals surface area (Å²) in [5.41, 5.74) is 3.51. The number of anilines is 1. The molecule has 1 unspecified atom stereocenters. The molecule has 0 saturated heterocycles. The molecule has 0 aromatic heterocycles. The van der Waals surface area contributed by atoms with E-state index in [9.17, 15) is 14.4 Å². The first-order valence-electron chi connectivity index (χ1n) is 8.24. The van der Waals surface area contributed by atoms with Gasteiger partial charge in [0.15, 0.2) is 6.10 Å². The molecule has 26 heavy (non-hydrogen) atoms. The Morgan fingerprint density at radius 3 is 2.54 bits per heavy atom. The van der Waals surface area contributed by atoms with Gasteiger partial charge in [-0.3, -0.25) is 9.59 Å². The number of nitrogens with one attached hydrogen (secondary N) is 1. The van der Waals surface area contributed by atoms with Crippen LogP contribution in [0.1, 0.15) is 38.8 Å². The largest absolute Gasteiger partial charge is 0.451 e. The van der Waals surface area contributed by atoms with Gasteiger partial charge in [0.05, 0.1) is 17.0 Å². The number of benzene rings is 2. The van der Waals surface area contributed by atoms with Crippen LogP contribution in [0.4, 0.5) is 5.69 Å². The van der Waals surface area contributed by atoms with E-state index in [1.807, 2.05) is 19.9 Å². The van der Waals surface area contributed by atoms with Gasteiger partial charge in [0.1, 0.15) is 0 Å². The van der Waals surface area contributed by atoms with Gasteiger partial charge in [-0.05, 0) is 56.2 Å². The molecular formula is C20H19NO4S. The second kappa shape index (κ2) is 7.33. The molecule has 1 atom stereocenters. The predicted molar refractivity (Wildman–Crippen MR) is 101 cm³/mol. The number of aryl methyl sites for hydroxylation is 2. The Morgan fingerprint density at radius 2 is 1.81 bits per heavy atom. The molecule has 0 saturated carbocycles. The second-order valence-electron chi connectivity index (χ2n) is 6.26. The molecule has 134 valence electrons. The fourth-order valence-electron chi connectivity index (χ4n) is 2.62. The Labute approximate surface area is 156 Å². The van der Waals surface area contributed by atoms with Gasteiger partial charge in [-0.15, -0.1) is 11.8 Å². The smallest absolute Gasteiger partial charge is 0.338 e. The molecule has 6 heteroatoms. The zero-order chi connectivity index (χ0) is 18.8. The predicted octanol–water partition coefficient (Wildman–Crippen LogP) is 3.78. The van der Waals surface area contributed by atoms with Crippen molar-refractivity contribution in [2.45, 2.75) is 31.8 Å². The average Bonchev–Trinajstić information content (AvgIpc) is 2.62. The fourth-order valence-corrected chi connectivity index (χ4v) is 3.41. The fraction of sp³-hybridized carbons (Fsp3) is 0.250. The van der Waals surface area contributed by atoms with E-state index in [1.54, 1.807) is 37.3 Å². The number of carbonyl (C=O) groups excluding carboxylic acids is 3. The van der Waals surface area contributed by atoms with Crippen molar-refractivity contribution in [1.29, 1.82) is 0 Å². The Kier molecular flexibility index (Phi) is 5.13. The van der Waals surface area contributed by atoms with Gasteiger partial charge in [0.25, 0.3) is 0 Å². The standard InChI is InChI=1S/C20H19NO4S/c1-11-4-5-14(8-12(11)2)19(23)13(3)25-20(24)15-6-7-17-16(9-15)21-18(22)10-26-17/h4-9,13H,10H2,1-3H3,(H,21,22). The SMILES string of the molecule is Cc1ccc(C(=O)C(C)OC(=O)c2ccc3c(c2)NC(=O)CS3)cc1C. The lowest BCUT2D eigenvalue weighted by molar-refractivity contribution is -0.113. The lowest BCUT2D eigenvalue weighted by Gasteiger charge is -2.17. The summed E-state index contributed by atoms with van der Waals surface area (Å²) in [4.78, 5) is 37.3. The maximum absolute atomic E-state index is 12.5. The maximum Gasteiger partial charge on any atom is 0.338 e. The Bertz CT molecular complexity index is 907. The minimum atomic E-state index is -0.899. The Morgan fingerprint density at radius 1 is 1.08 bits per heavy atom. The topological polar surface area (TPSA) is 72.5 Å². The molecule has 0 aliphatic carbocycles. The van der Waals surface area contributed by atoms with Gasteiger partial charge >= 0.3 is 5.97 Å². The first-order valence-corrected chi connectivity index (χ1v) is 9.23. The number of ether oxygens (including phenoxy) is 1. The van der Waals surface area contributed by atoms with Crippen LogP contribution in [0, 0.1) is 13.8 Å². The molecule has 0 bridgehead atoms. The molecule has 0 radical (unpaired) electrons. The van der Waals surface area contributed by atoms with Gasteiger partial charge in [-0.25, -0.2) is 4.79 Å². The molecule has 5 nitrogen and oxygen atoms in total. The molecule has 1 heterocycles. The first kappa shape index (κ1) is 18.2. The van der Waals surface area contributed by atoms with Crippen molar-refractivity contribution < 1.29 is 19.1 Å². The van der Waals surface area contributed by atoms with E-state index in [2.05, 4.69) is 5.32 Å². The number of hydrogen-bond acceptors (Lipinski definition) is 5. The lowest BCUT2D eigenvalue weighted by Crippen LogP contribution is -2.25. The molecular weight excluding hydrogens is 350 g/mol. The van der Waals surface area contributed by atoms with Gasteiger partial charge in [-0.1, -0.05) is 12.1 Å². The number of ketones is 1. The van der Waals surface area contributed by atoms with E-state index in [0.717, 1.165) is 16.0 Å². The molecule has 1 aliphatic rings. The number of hydrogen-bond donors (Lipinski definition) is 1. The van der Waals surface area contributed by atoms with E-state index in [0.29, 0.717) is 22.6 Å². The molecule has 0 spiro atoms. The van der Waals surface area contributed by atoms with Crippen LogP contribution in [-0.4, -0.2) is 29.5 Å². The monoisotopic (exact) mass is 369 g/mol. The first-order chi connectivity index (χ1) is 12.3. The van der Waals surface area contributed by atoms with Crippen LogP contribution in [-0.2, 0) is 9.53 Å². The van der Waals surface area contributed by atoms with Crippen LogP contribution >= 0.6 is 11.8 Å². The zero-order valence-electron chi connectivity index (χ0n) is 14.8. The summed E-state index contributed by atoms with van der Waals surface area (Å²) in [6.07, 6.45) is -0.899. The van der Waals surface area contributed by atoms with Crippen LogP contribution in [0.2, 0.25) is 0 Å². The van der Waals surface area contributed by atoms with E-state index >= 15 is 0 Å². The van der Waals surface area contributed by atoms with E-state index in [1.165, 1.54) is 11.8 Å². The molecule has 1 amide bonds. The highest BCUT2D eigenvalue weighted by atomic mass is 32.2. The number of Topliss-reactive ketones (excluding diaryl/α,β-unsaturated/α-hetero) is 1. The van der Waals surface area contributed by atoms with Crippen molar-refractivity contribution in [3.63, 3.8) is 0 Å². The van der Waals surface area contributed by atoms with Gasteiger partial charge in [0.2, 0.25) is 11.7 Å². The molecule has 3 rings (SSSR count). The van der Waals surface area contributed by atoms with Gasteiger partial charge < -0.3 is 10.1 Å². The van der Waals surface area contributed by atoms with E-state index in [4.69, 9.17) is 4.74 Å². The minimum Gasteiger partial charge on any atom is -0.451 e. The van der Waals surface area contributed by atoms with Crippen molar-refractivity contribution >= 4 is 35.1 Å². The van der Waals surface area contributed by atoms with Crippen molar-refractivity contribution in [2.75, 3.05) is 11.1 Å². The summed E-state index contributed by atoms with van der Waals surface area (Å²) >= 11 is 1.42. The van der Waals surface area contributed by atoms with Gasteiger partial charge in [0, 0.05) is 10.5 Å². The molecule has 2 aromatic rings. The normalized spacial score (nSPS) is 14.2. The average molecular weight is 369 g/mol. The van der Waals surface area contributed by atoms with E-state index < -0.39 is 12.1 Å². The highest BCUT2D eigenvalue weighted by Crippen LogP contribution is 2.32. The molecule has 0 fully saturated rings. The second-order valence-corrected chi connectivity index (χ2v) is 7.28. The number of rotatable bonds is 4. The number of esters is 1. The highest BCUT2D eigenvalue weighted by Gasteiger charge is 2.22. The summed E-state index contributed by atoms with van der Waals surface area (Å²) in [6.45, 7) is 5.47. The van der Waals surface area contributed by atoms with Gasteiger partial charge in [-0.2, -0.15) is 0 Å². The summed E-state index contributed by atoms with van der Waals surface area (Å²) in [5.74, 6) is -0.588. The van der Waals surface area contributed by atoms with Crippen molar-refractivity contribution in [1.82, 2.24) is 0 Å². The molecule has 1 N–H and O–H groups in total. The van der Waals surface area contributed by atoms with Crippen LogP contribution in [0.15, 0.2) is 41.3 Å². The molecule has 1 aliphatic heterocycles. The minimum absolute atomic E-state index is 0.105. The number of carbonyl (C=O) groups is 3. The third kappa shape index (κ3) is 3.80. The molecule has 2 aromatic carbocycles.